The molecule has 2 heterocycles. The van der Waals surface area contributed by atoms with Gasteiger partial charge < -0.3 is 0 Å². The van der Waals surface area contributed by atoms with E-state index < -0.39 is 5.82 Å². The number of carbonyl (C=O) groups excluding carboxylic acids is 1. The number of fused-ring (bicyclic) bond motifs is 1. The molecule has 0 aliphatic rings. The minimum absolute atomic E-state index is 0.103. The highest BCUT2D eigenvalue weighted by Gasteiger charge is 2.14. The summed E-state index contributed by atoms with van der Waals surface area (Å²) in [6.45, 7) is 4.23. The van der Waals surface area contributed by atoms with Gasteiger partial charge >= 0.3 is 5.56 Å². The number of hydrogen-bond donors (Lipinski definition) is 0. The number of hydrogen-bond acceptors (Lipinski definition) is 5. The Labute approximate surface area is 176 Å². The van der Waals surface area contributed by atoms with Crippen molar-refractivity contribution in [1.82, 2.24) is 19.2 Å². The highest BCUT2D eigenvalue weighted by Crippen LogP contribution is 2.19. The molecule has 4 rings (SSSR count). The number of rotatable bonds is 6. The Morgan fingerprint density at radius 1 is 1.03 bits per heavy atom. The molecule has 2 aromatic heterocycles. The molecule has 0 saturated heterocycles. The van der Waals surface area contributed by atoms with Crippen LogP contribution in [0.3, 0.4) is 0 Å². The first-order valence-electron chi connectivity index (χ1n) is 9.42. The molecule has 0 amide bonds. The fourth-order valence-corrected chi connectivity index (χ4v) is 3.85. The van der Waals surface area contributed by atoms with Crippen LogP contribution in [-0.4, -0.2) is 30.7 Å². The van der Waals surface area contributed by atoms with Gasteiger partial charge in [-0.1, -0.05) is 37.7 Å². The lowest BCUT2D eigenvalue weighted by atomic mass is 10.0. The number of ketones is 1. The Kier molecular flexibility index (Phi) is 5.50. The van der Waals surface area contributed by atoms with Gasteiger partial charge in [0.15, 0.2) is 10.9 Å². The first-order chi connectivity index (χ1) is 14.4. The van der Waals surface area contributed by atoms with Crippen LogP contribution >= 0.6 is 11.8 Å². The Balaban J connectivity index is 1.57. The lowest BCUT2D eigenvalue weighted by Crippen LogP contribution is -2.20. The van der Waals surface area contributed by atoms with E-state index in [1.54, 1.807) is 16.8 Å². The van der Waals surface area contributed by atoms with E-state index in [1.807, 2.05) is 24.3 Å². The number of nitrogens with zero attached hydrogens (tertiary/aromatic N) is 4. The van der Waals surface area contributed by atoms with E-state index in [-0.39, 0.29) is 22.7 Å². The Morgan fingerprint density at radius 3 is 2.40 bits per heavy atom. The Bertz CT molecular complexity index is 1260. The topological polar surface area (TPSA) is 69.3 Å². The lowest BCUT2D eigenvalue weighted by Gasteiger charge is -2.09. The highest BCUT2D eigenvalue weighted by molar-refractivity contribution is 7.99. The largest absolute Gasteiger partial charge is 0.300 e. The molecule has 0 spiro atoms. The van der Waals surface area contributed by atoms with E-state index >= 15 is 0 Å². The molecule has 8 heteroatoms. The molecule has 0 bridgehead atoms. The van der Waals surface area contributed by atoms with Gasteiger partial charge in [0.05, 0.1) is 5.75 Å². The van der Waals surface area contributed by atoms with Gasteiger partial charge in [-0.3, -0.25) is 18.6 Å². The third-order valence-electron chi connectivity index (χ3n) is 4.78. The summed E-state index contributed by atoms with van der Waals surface area (Å²) in [5, 5.41) is 8.51. The van der Waals surface area contributed by atoms with E-state index in [0.29, 0.717) is 16.6 Å². The van der Waals surface area contributed by atoms with Gasteiger partial charge in [0.1, 0.15) is 5.82 Å². The molecule has 0 aliphatic carbocycles. The van der Waals surface area contributed by atoms with Crippen molar-refractivity contribution >= 4 is 23.2 Å². The van der Waals surface area contributed by atoms with Crippen LogP contribution in [0.5, 0.6) is 0 Å². The molecule has 0 atom stereocenters. The van der Waals surface area contributed by atoms with Gasteiger partial charge in [0, 0.05) is 23.6 Å². The van der Waals surface area contributed by atoms with Crippen molar-refractivity contribution in [2.45, 2.75) is 24.9 Å². The van der Waals surface area contributed by atoms with Crippen molar-refractivity contribution in [3.63, 3.8) is 0 Å². The van der Waals surface area contributed by atoms with Crippen molar-refractivity contribution < 1.29 is 9.18 Å². The third kappa shape index (κ3) is 3.91. The van der Waals surface area contributed by atoms with Crippen molar-refractivity contribution in [2.75, 3.05) is 5.75 Å². The molecular weight excluding hydrogens is 403 g/mol. The Morgan fingerprint density at radius 2 is 1.73 bits per heavy atom. The van der Waals surface area contributed by atoms with Gasteiger partial charge in [-0.25, -0.2) is 4.39 Å². The summed E-state index contributed by atoms with van der Waals surface area (Å²) in [6.07, 6.45) is 3.37. The van der Waals surface area contributed by atoms with Gasteiger partial charge in [-0.2, -0.15) is 0 Å². The van der Waals surface area contributed by atoms with Gasteiger partial charge in [0.2, 0.25) is 5.65 Å². The van der Waals surface area contributed by atoms with Crippen LogP contribution in [0, 0.1) is 5.82 Å². The first-order valence-corrected chi connectivity index (χ1v) is 10.4. The summed E-state index contributed by atoms with van der Waals surface area (Å²) in [4.78, 5) is 25.2. The van der Waals surface area contributed by atoms with Crippen molar-refractivity contribution in [2.24, 2.45) is 0 Å². The molecular formula is C22H19FN4O2S. The van der Waals surface area contributed by atoms with Crippen LogP contribution in [0.2, 0.25) is 0 Å². The molecule has 0 unspecified atom stereocenters. The minimum atomic E-state index is -0.391. The average Bonchev–Trinajstić information content (AvgIpc) is 3.17. The summed E-state index contributed by atoms with van der Waals surface area (Å²) in [7, 11) is 0. The maximum atomic E-state index is 13.0. The molecule has 0 fully saturated rings. The second kappa shape index (κ2) is 8.23. The zero-order valence-electron chi connectivity index (χ0n) is 16.4. The van der Waals surface area contributed by atoms with Crippen LogP contribution in [-0.2, 0) is 0 Å². The number of carbonyl (C=O) groups is 1. The fraction of sp³-hybridized carbons (Fsp3) is 0.182. The summed E-state index contributed by atoms with van der Waals surface area (Å²) >= 11 is 1.18. The predicted molar refractivity (Wildman–Crippen MR) is 114 cm³/mol. The van der Waals surface area contributed by atoms with E-state index in [1.165, 1.54) is 46.2 Å². The maximum Gasteiger partial charge on any atom is 0.300 e. The monoisotopic (exact) mass is 422 g/mol. The van der Waals surface area contributed by atoms with E-state index in [2.05, 4.69) is 24.0 Å². The number of thioether (sulfide) groups is 1. The van der Waals surface area contributed by atoms with Gasteiger partial charge in [-0.05, 0) is 47.9 Å². The maximum absolute atomic E-state index is 13.0. The molecule has 2 aromatic carbocycles. The number of benzene rings is 2. The molecule has 0 saturated carbocycles. The highest BCUT2D eigenvalue weighted by atomic mass is 32.2. The second-order valence-corrected chi connectivity index (χ2v) is 8.06. The van der Waals surface area contributed by atoms with Crippen molar-refractivity contribution in [3.8, 4) is 5.69 Å². The minimum Gasteiger partial charge on any atom is -0.293 e. The standard InChI is InChI=1S/C22H19FN4O2S/c1-14(2)15-5-9-18(10-6-15)26-11-12-27-20(21(26)29)24-25-22(27)30-13-19(28)16-3-7-17(23)8-4-16/h3-12,14H,13H2,1-2H3. The van der Waals surface area contributed by atoms with Crippen LogP contribution in [0.1, 0.15) is 35.7 Å². The van der Waals surface area contributed by atoms with Crippen LogP contribution in [0.4, 0.5) is 4.39 Å². The van der Waals surface area contributed by atoms with Crippen molar-refractivity contribution in [3.05, 3.63) is 88.2 Å². The van der Waals surface area contributed by atoms with E-state index in [0.717, 1.165) is 5.69 Å². The Hall–Kier alpha value is -3.26. The van der Waals surface area contributed by atoms with Gasteiger partial charge in [0.25, 0.3) is 0 Å². The molecule has 6 nitrogen and oxygen atoms in total. The quantitative estimate of drug-likeness (QED) is 0.345. The average molecular weight is 422 g/mol. The number of aromatic nitrogens is 4. The second-order valence-electron chi connectivity index (χ2n) is 7.11. The predicted octanol–water partition coefficient (Wildman–Crippen LogP) is 4.12. The normalized spacial score (nSPS) is 11.3. The van der Waals surface area contributed by atoms with E-state index in [9.17, 15) is 14.0 Å². The first kappa shape index (κ1) is 20.0. The lowest BCUT2D eigenvalue weighted by molar-refractivity contribution is 0.102. The van der Waals surface area contributed by atoms with Crippen LogP contribution in [0.15, 0.2) is 70.9 Å². The molecule has 4 aromatic rings. The van der Waals surface area contributed by atoms with Crippen LogP contribution < -0.4 is 5.56 Å². The van der Waals surface area contributed by atoms with Gasteiger partial charge in [-0.15, -0.1) is 10.2 Å². The molecule has 152 valence electrons. The molecule has 0 radical (unpaired) electrons. The zero-order chi connectivity index (χ0) is 21.3. The molecule has 0 N–H and O–H groups in total. The fourth-order valence-electron chi connectivity index (χ4n) is 3.04. The number of Topliss-reactive ketones (excluding diaryl/α,β-unsaturated/α-hetero) is 1. The molecule has 30 heavy (non-hydrogen) atoms. The van der Waals surface area contributed by atoms with Crippen molar-refractivity contribution in [1.29, 1.82) is 0 Å². The SMILES string of the molecule is CC(C)c1ccc(-n2ccn3c(SCC(=O)c4ccc(F)cc4)nnc3c2=O)cc1. The zero-order valence-corrected chi connectivity index (χ0v) is 17.3. The van der Waals surface area contributed by atoms with Crippen LogP contribution in [0.25, 0.3) is 11.3 Å². The smallest absolute Gasteiger partial charge is 0.293 e. The molecule has 0 aliphatic heterocycles. The summed E-state index contributed by atoms with van der Waals surface area (Å²) in [5.41, 5.74) is 2.25. The summed E-state index contributed by atoms with van der Waals surface area (Å²) in [6, 6.07) is 13.2. The number of halogens is 1. The van der Waals surface area contributed by atoms with E-state index in [4.69, 9.17) is 0 Å². The third-order valence-corrected chi connectivity index (χ3v) is 5.72. The summed E-state index contributed by atoms with van der Waals surface area (Å²) < 4.78 is 16.1. The summed E-state index contributed by atoms with van der Waals surface area (Å²) in [5.74, 6) is -0.0355.